The van der Waals surface area contributed by atoms with Crippen molar-refractivity contribution in [2.45, 2.75) is 6.42 Å². The van der Waals surface area contributed by atoms with Crippen LogP contribution in [0.15, 0.2) is 12.3 Å². The SMILES string of the molecule is COc1nccc(F)c1CC#N. The standard InChI is InChI=1S/C8H7FN2O/c1-12-8-6(2-4-10)7(9)3-5-11-8/h3,5H,2H2,1H3. The van der Waals surface area contributed by atoms with Crippen molar-refractivity contribution in [2.24, 2.45) is 0 Å². The highest BCUT2D eigenvalue weighted by atomic mass is 19.1. The lowest BCUT2D eigenvalue weighted by atomic mass is 10.2. The molecule has 0 radical (unpaired) electrons. The summed E-state index contributed by atoms with van der Waals surface area (Å²) in [6, 6.07) is 3.04. The Balaban J connectivity index is 3.12. The van der Waals surface area contributed by atoms with Crippen molar-refractivity contribution in [3.63, 3.8) is 0 Å². The maximum absolute atomic E-state index is 13.0. The van der Waals surface area contributed by atoms with E-state index in [1.54, 1.807) is 0 Å². The van der Waals surface area contributed by atoms with Gasteiger partial charge in [0.15, 0.2) is 0 Å². The van der Waals surface area contributed by atoms with E-state index in [4.69, 9.17) is 10.00 Å². The van der Waals surface area contributed by atoms with E-state index in [1.165, 1.54) is 19.4 Å². The smallest absolute Gasteiger partial charge is 0.220 e. The molecule has 1 rings (SSSR count). The third-order valence-electron chi connectivity index (χ3n) is 1.41. The van der Waals surface area contributed by atoms with Gasteiger partial charge < -0.3 is 4.74 Å². The number of ether oxygens (including phenoxy) is 1. The van der Waals surface area contributed by atoms with Gasteiger partial charge in [0, 0.05) is 6.20 Å². The molecular weight excluding hydrogens is 159 g/mol. The van der Waals surface area contributed by atoms with Crippen LogP contribution in [-0.4, -0.2) is 12.1 Å². The van der Waals surface area contributed by atoms with Crippen LogP contribution in [0.3, 0.4) is 0 Å². The van der Waals surface area contributed by atoms with Gasteiger partial charge in [-0.05, 0) is 6.07 Å². The molecule has 0 aliphatic heterocycles. The summed E-state index contributed by atoms with van der Waals surface area (Å²) >= 11 is 0. The van der Waals surface area contributed by atoms with Crippen LogP contribution in [0.1, 0.15) is 5.56 Å². The van der Waals surface area contributed by atoms with Gasteiger partial charge in [0.1, 0.15) is 5.82 Å². The van der Waals surface area contributed by atoms with Gasteiger partial charge in [0.25, 0.3) is 0 Å². The minimum absolute atomic E-state index is 0.0250. The molecule has 12 heavy (non-hydrogen) atoms. The fourth-order valence-corrected chi connectivity index (χ4v) is 0.866. The minimum atomic E-state index is -0.455. The normalized spacial score (nSPS) is 9.08. The van der Waals surface area contributed by atoms with Gasteiger partial charge in [-0.15, -0.1) is 0 Å². The summed E-state index contributed by atoms with van der Waals surface area (Å²) in [4.78, 5) is 3.76. The van der Waals surface area contributed by atoms with Crippen molar-refractivity contribution in [2.75, 3.05) is 7.11 Å². The Morgan fingerprint density at radius 1 is 1.75 bits per heavy atom. The molecule has 1 aromatic rings. The fourth-order valence-electron chi connectivity index (χ4n) is 0.866. The van der Waals surface area contributed by atoms with E-state index in [1.807, 2.05) is 6.07 Å². The molecular formula is C8H7FN2O. The summed E-state index contributed by atoms with van der Waals surface area (Å²) < 4.78 is 17.7. The van der Waals surface area contributed by atoms with E-state index in [0.29, 0.717) is 0 Å². The highest BCUT2D eigenvalue weighted by Gasteiger charge is 2.08. The first kappa shape index (κ1) is 8.47. The van der Waals surface area contributed by atoms with E-state index in [9.17, 15) is 4.39 Å². The molecule has 0 fully saturated rings. The van der Waals surface area contributed by atoms with E-state index in [2.05, 4.69) is 4.98 Å². The molecule has 0 N–H and O–H groups in total. The average Bonchev–Trinajstić information content (AvgIpc) is 2.09. The summed E-state index contributed by atoms with van der Waals surface area (Å²) in [7, 11) is 1.39. The lowest BCUT2D eigenvalue weighted by Crippen LogP contribution is -1.97. The Labute approximate surface area is 69.4 Å². The average molecular weight is 166 g/mol. The predicted octanol–water partition coefficient (Wildman–Crippen LogP) is 1.30. The third kappa shape index (κ3) is 1.51. The van der Waals surface area contributed by atoms with Crippen LogP contribution in [0, 0.1) is 17.1 Å². The number of nitrogens with zero attached hydrogens (tertiary/aromatic N) is 2. The van der Waals surface area contributed by atoms with E-state index >= 15 is 0 Å². The second-order valence-corrected chi connectivity index (χ2v) is 2.12. The van der Waals surface area contributed by atoms with Crippen LogP contribution >= 0.6 is 0 Å². The Hall–Kier alpha value is -1.63. The summed E-state index contributed by atoms with van der Waals surface area (Å²) in [5.41, 5.74) is 0.211. The van der Waals surface area contributed by atoms with Crippen LogP contribution in [0.5, 0.6) is 5.88 Å². The molecule has 1 aromatic heterocycles. The molecule has 0 unspecified atom stereocenters. The summed E-state index contributed by atoms with van der Waals surface area (Å²) in [6.45, 7) is 0. The highest BCUT2D eigenvalue weighted by Crippen LogP contribution is 2.17. The number of rotatable bonds is 2. The number of hydrogen-bond acceptors (Lipinski definition) is 3. The first-order chi connectivity index (χ1) is 5.79. The third-order valence-corrected chi connectivity index (χ3v) is 1.41. The second-order valence-electron chi connectivity index (χ2n) is 2.12. The Kier molecular flexibility index (Phi) is 2.59. The molecule has 62 valence electrons. The van der Waals surface area contributed by atoms with Crippen LogP contribution < -0.4 is 4.74 Å². The molecule has 0 saturated heterocycles. The van der Waals surface area contributed by atoms with E-state index < -0.39 is 5.82 Å². The Bertz CT molecular complexity index is 319. The monoisotopic (exact) mass is 166 g/mol. The lowest BCUT2D eigenvalue weighted by molar-refractivity contribution is 0.388. The summed E-state index contributed by atoms with van der Waals surface area (Å²) in [5, 5.41) is 8.36. The maximum atomic E-state index is 13.0. The molecule has 4 heteroatoms. The van der Waals surface area contributed by atoms with Crippen molar-refractivity contribution in [1.29, 1.82) is 5.26 Å². The second kappa shape index (κ2) is 3.67. The van der Waals surface area contributed by atoms with E-state index in [0.717, 1.165) is 0 Å². The van der Waals surface area contributed by atoms with Crippen molar-refractivity contribution in [3.05, 3.63) is 23.6 Å². The minimum Gasteiger partial charge on any atom is -0.481 e. The largest absolute Gasteiger partial charge is 0.481 e. The molecule has 0 atom stereocenters. The van der Waals surface area contributed by atoms with Gasteiger partial charge in [0.2, 0.25) is 5.88 Å². The number of hydrogen-bond donors (Lipinski definition) is 0. The first-order valence-corrected chi connectivity index (χ1v) is 3.34. The molecule has 0 aliphatic carbocycles. The zero-order chi connectivity index (χ0) is 8.97. The van der Waals surface area contributed by atoms with Crippen molar-refractivity contribution in [1.82, 2.24) is 4.98 Å². The molecule has 3 nitrogen and oxygen atoms in total. The Morgan fingerprint density at radius 3 is 3.08 bits per heavy atom. The Morgan fingerprint density at radius 2 is 2.50 bits per heavy atom. The van der Waals surface area contributed by atoms with Crippen LogP contribution in [0.25, 0.3) is 0 Å². The molecule has 0 spiro atoms. The van der Waals surface area contributed by atoms with Crippen LogP contribution in [-0.2, 0) is 6.42 Å². The zero-order valence-corrected chi connectivity index (χ0v) is 6.54. The number of aromatic nitrogens is 1. The predicted molar refractivity (Wildman–Crippen MR) is 40.1 cm³/mol. The van der Waals surface area contributed by atoms with Crippen molar-refractivity contribution in [3.8, 4) is 11.9 Å². The van der Waals surface area contributed by atoms with Crippen LogP contribution in [0.2, 0.25) is 0 Å². The summed E-state index contributed by atoms with van der Waals surface area (Å²) in [6.07, 6.45) is 1.28. The first-order valence-electron chi connectivity index (χ1n) is 3.34. The van der Waals surface area contributed by atoms with Crippen molar-refractivity contribution >= 4 is 0 Å². The zero-order valence-electron chi connectivity index (χ0n) is 6.54. The van der Waals surface area contributed by atoms with Gasteiger partial charge >= 0.3 is 0 Å². The molecule has 0 saturated carbocycles. The molecule has 0 bridgehead atoms. The summed E-state index contributed by atoms with van der Waals surface area (Å²) in [5.74, 6) is -0.278. The van der Waals surface area contributed by atoms with Crippen molar-refractivity contribution < 1.29 is 9.13 Å². The fraction of sp³-hybridized carbons (Fsp3) is 0.250. The number of methoxy groups -OCH3 is 1. The maximum Gasteiger partial charge on any atom is 0.220 e. The highest BCUT2D eigenvalue weighted by molar-refractivity contribution is 5.29. The lowest BCUT2D eigenvalue weighted by Gasteiger charge is -2.03. The quantitative estimate of drug-likeness (QED) is 0.665. The van der Waals surface area contributed by atoms with E-state index in [-0.39, 0.29) is 17.9 Å². The van der Waals surface area contributed by atoms with Gasteiger partial charge in [-0.25, -0.2) is 9.37 Å². The number of halogens is 1. The van der Waals surface area contributed by atoms with Gasteiger partial charge in [0.05, 0.1) is 25.2 Å². The van der Waals surface area contributed by atoms with Gasteiger partial charge in [-0.3, -0.25) is 0 Å². The van der Waals surface area contributed by atoms with Crippen LogP contribution in [0.4, 0.5) is 4.39 Å². The molecule has 0 aliphatic rings. The van der Waals surface area contributed by atoms with Gasteiger partial charge in [-0.1, -0.05) is 0 Å². The molecule has 0 amide bonds. The molecule has 0 aromatic carbocycles. The van der Waals surface area contributed by atoms with Gasteiger partial charge in [-0.2, -0.15) is 5.26 Å². The number of pyridine rings is 1. The number of nitriles is 1. The molecule has 1 heterocycles. The topological polar surface area (TPSA) is 45.9 Å².